The molecule has 3 rings (SSSR count). The molecule has 1 heterocycles. The molecule has 0 aliphatic rings. The maximum Gasteiger partial charge on any atom is 0.278 e. The van der Waals surface area contributed by atoms with Crippen LogP contribution in [-0.2, 0) is 0 Å². The lowest BCUT2D eigenvalue weighted by Gasteiger charge is -2.21. The van der Waals surface area contributed by atoms with Crippen molar-refractivity contribution in [2.24, 2.45) is 0 Å². The highest BCUT2D eigenvalue weighted by Crippen LogP contribution is 2.21. The Morgan fingerprint density at radius 1 is 0.880 bits per heavy atom. The average Bonchev–Trinajstić information content (AvgIpc) is 2.69. The van der Waals surface area contributed by atoms with E-state index in [1.165, 1.54) is 6.20 Å². The summed E-state index contributed by atoms with van der Waals surface area (Å²) in [7, 11) is 1.92. The number of aromatic nitrogens is 2. The van der Waals surface area contributed by atoms with Gasteiger partial charge in [0.25, 0.3) is 5.91 Å². The van der Waals surface area contributed by atoms with E-state index in [9.17, 15) is 4.79 Å². The first-order valence-electron chi connectivity index (χ1n) is 8.18. The number of nitrogens with zero attached hydrogens (tertiary/aromatic N) is 4. The van der Waals surface area contributed by atoms with Crippen LogP contribution in [0.1, 0.15) is 17.4 Å². The zero-order chi connectivity index (χ0) is 17.6. The van der Waals surface area contributed by atoms with Crippen LogP contribution in [0.4, 0.5) is 17.2 Å². The van der Waals surface area contributed by atoms with Crippen LogP contribution >= 0.6 is 0 Å². The molecule has 0 bridgehead atoms. The van der Waals surface area contributed by atoms with Gasteiger partial charge >= 0.3 is 0 Å². The Hall–Kier alpha value is -3.21. The third-order valence-electron chi connectivity index (χ3n) is 3.97. The molecular formula is C20H20N4O. The van der Waals surface area contributed by atoms with Crippen molar-refractivity contribution in [3.05, 3.63) is 78.8 Å². The highest BCUT2D eigenvalue weighted by molar-refractivity contribution is 6.04. The molecule has 0 radical (unpaired) electrons. The van der Waals surface area contributed by atoms with Crippen molar-refractivity contribution >= 4 is 23.1 Å². The summed E-state index contributed by atoms with van der Waals surface area (Å²) >= 11 is 0. The third-order valence-corrected chi connectivity index (χ3v) is 3.97. The Bertz CT molecular complexity index is 819. The maximum atomic E-state index is 12.7. The molecule has 0 aliphatic carbocycles. The predicted molar refractivity (Wildman–Crippen MR) is 100 cm³/mol. The first-order chi connectivity index (χ1) is 12.2. The minimum atomic E-state index is -0.157. The lowest BCUT2D eigenvalue weighted by atomic mass is 10.2. The van der Waals surface area contributed by atoms with E-state index in [4.69, 9.17) is 0 Å². The number of para-hydroxylation sites is 2. The molecule has 25 heavy (non-hydrogen) atoms. The molecule has 0 aliphatic heterocycles. The predicted octanol–water partition coefficient (Wildman–Crippen LogP) is 3.91. The van der Waals surface area contributed by atoms with Gasteiger partial charge in [-0.25, -0.2) is 9.97 Å². The molecule has 0 atom stereocenters. The quantitative estimate of drug-likeness (QED) is 0.711. The number of hydrogen-bond acceptors (Lipinski definition) is 4. The Kier molecular flexibility index (Phi) is 5.04. The van der Waals surface area contributed by atoms with Gasteiger partial charge in [0.1, 0.15) is 5.69 Å². The van der Waals surface area contributed by atoms with Crippen molar-refractivity contribution in [1.29, 1.82) is 0 Å². The fraction of sp³-hybridized carbons (Fsp3) is 0.150. The molecule has 5 nitrogen and oxygen atoms in total. The topological polar surface area (TPSA) is 49.3 Å². The van der Waals surface area contributed by atoms with Crippen molar-refractivity contribution in [1.82, 2.24) is 9.97 Å². The molecule has 0 saturated heterocycles. The molecule has 3 aromatic rings. The van der Waals surface area contributed by atoms with Crippen LogP contribution in [0, 0.1) is 0 Å². The van der Waals surface area contributed by atoms with Gasteiger partial charge in [-0.15, -0.1) is 0 Å². The van der Waals surface area contributed by atoms with Crippen molar-refractivity contribution in [3.8, 4) is 0 Å². The molecule has 1 amide bonds. The summed E-state index contributed by atoms with van der Waals surface area (Å²) < 4.78 is 0. The van der Waals surface area contributed by atoms with Crippen LogP contribution < -0.4 is 9.80 Å². The van der Waals surface area contributed by atoms with Gasteiger partial charge in [0, 0.05) is 25.0 Å². The molecule has 0 saturated carbocycles. The normalized spacial score (nSPS) is 10.3. The maximum absolute atomic E-state index is 12.7. The van der Waals surface area contributed by atoms with E-state index < -0.39 is 0 Å². The Morgan fingerprint density at radius 3 is 2.00 bits per heavy atom. The molecular weight excluding hydrogens is 312 g/mol. The Balaban J connectivity index is 1.81. The molecule has 1 aromatic heterocycles. The Morgan fingerprint density at radius 2 is 1.48 bits per heavy atom. The molecule has 0 spiro atoms. The zero-order valence-corrected chi connectivity index (χ0v) is 14.3. The summed E-state index contributed by atoms with van der Waals surface area (Å²) in [5.41, 5.74) is 2.19. The first kappa shape index (κ1) is 16.6. The molecule has 0 fully saturated rings. The van der Waals surface area contributed by atoms with E-state index in [-0.39, 0.29) is 5.91 Å². The molecule has 126 valence electrons. The van der Waals surface area contributed by atoms with Crippen molar-refractivity contribution < 1.29 is 4.79 Å². The van der Waals surface area contributed by atoms with Gasteiger partial charge in [0.05, 0.1) is 12.4 Å². The summed E-state index contributed by atoms with van der Waals surface area (Å²) in [5.74, 6) is 0.528. The summed E-state index contributed by atoms with van der Waals surface area (Å²) in [6.45, 7) is 2.51. The van der Waals surface area contributed by atoms with Crippen molar-refractivity contribution in [3.63, 3.8) is 0 Å². The van der Waals surface area contributed by atoms with Crippen LogP contribution in [0.15, 0.2) is 73.1 Å². The fourth-order valence-electron chi connectivity index (χ4n) is 2.58. The smallest absolute Gasteiger partial charge is 0.278 e. The summed E-state index contributed by atoms with van der Waals surface area (Å²) in [6.07, 6.45) is 3.15. The zero-order valence-electron chi connectivity index (χ0n) is 14.3. The van der Waals surface area contributed by atoms with Gasteiger partial charge in [-0.05, 0) is 31.2 Å². The standard InChI is InChI=1S/C20H20N4O/c1-3-24(17-12-8-5-9-13-17)20(25)18-14-22-19(15-21-18)23(2)16-10-6-4-7-11-16/h4-15H,3H2,1-2H3. The largest absolute Gasteiger partial charge is 0.328 e. The SMILES string of the molecule is CCN(C(=O)c1cnc(N(C)c2ccccc2)cn1)c1ccccc1. The van der Waals surface area contributed by atoms with Gasteiger partial charge in [-0.1, -0.05) is 36.4 Å². The highest BCUT2D eigenvalue weighted by Gasteiger charge is 2.18. The minimum absolute atomic E-state index is 0.157. The summed E-state index contributed by atoms with van der Waals surface area (Å²) in [6, 6.07) is 19.5. The van der Waals surface area contributed by atoms with Gasteiger partial charge in [0.15, 0.2) is 5.82 Å². The lowest BCUT2D eigenvalue weighted by Crippen LogP contribution is -2.31. The van der Waals surface area contributed by atoms with Gasteiger partial charge in [-0.3, -0.25) is 4.79 Å². The number of benzene rings is 2. The second kappa shape index (κ2) is 7.57. The molecule has 5 heteroatoms. The number of anilines is 3. The average molecular weight is 332 g/mol. The van der Waals surface area contributed by atoms with E-state index in [0.717, 1.165) is 11.4 Å². The monoisotopic (exact) mass is 332 g/mol. The van der Waals surface area contributed by atoms with Crippen LogP contribution in [0.5, 0.6) is 0 Å². The first-order valence-corrected chi connectivity index (χ1v) is 8.18. The van der Waals surface area contributed by atoms with E-state index in [0.29, 0.717) is 18.1 Å². The number of carbonyl (C=O) groups excluding carboxylic acids is 1. The van der Waals surface area contributed by atoms with Crippen LogP contribution in [0.25, 0.3) is 0 Å². The number of carbonyl (C=O) groups is 1. The molecule has 0 N–H and O–H groups in total. The fourth-order valence-corrected chi connectivity index (χ4v) is 2.58. The third kappa shape index (κ3) is 3.66. The van der Waals surface area contributed by atoms with Crippen LogP contribution in [0.2, 0.25) is 0 Å². The van der Waals surface area contributed by atoms with Gasteiger partial charge < -0.3 is 9.80 Å². The van der Waals surface area contributed by atoms with E-state index in [1.807, 2.05) is 79.5 Å². The van der Waals surface area contributed by atoms with E-state index in [1.54, 1.807) is 11.1 Å². The number of hydrogen-bond donors (Lipinski definition) is 0. The Labute approximate surface area is 147 Å². The second-order valence-corrected chi connectivity index (χ2v) is 5.54. The molecule has 0 unspecified atom stereocenters. The summed E-state index contributed by atoms with van der Waals surface area (Å²) in [4.78, 5) is 25.1. The lowest BCUT2D eigenvalue weighted by molar-refractivity contribution is 0.0983. The summed E-state index contributed by atoms with van der Waals surface area (Å²) in [5, 5.41) is 0. The highest BCUT2D eigenvalue weighted by atomic mass is 16.2. The van der Waals surface area contributed by atoms with Crippen LogP contribution in [0.3, 0.4) is 0 Å². The molecule has 2 aromatic carbocycles. The van der Waals surface area contributed by atoms with Crippen molar-refractivity contribution in [2.45, 2.75) is 6.92 Å². The van der Waals surface area contributed by atoms with Crippen LogP contribution in [-0.4, -0.2) is 29.5 Å². The second-order valence-electron chi connectivity index (χ2n) is 5.54. The van der Waals surface area contributed by atoms with Gasteiger partial charge in [-0.2, -0.15) is 0 Å². The van der Waals surface area contributed by atoms with Gasteiger partial charge in [0.2, 0.25) is 0 Å². The minimum Gasteiger partial charge on any atom is -0.328 e. The van der Waals surface area contributed by atoms with E-state index >= 15 is 0 Å². The van der Waals surface area contributed by atoms with E-state index in [2.05, 4.69) is 9.97 Å². The number of rotatable bonds is 5. The van der Waals surface area contributed by atoms with Crippen molar-refractivity contribution in [2.75, 3.05) is 23.4 Å². The number of amides is 1.